The van der Waals surface area contributed by atoms with Gasteiger partial charge in [-0.2, -0.15) is 0 Å². The van der Waals surface area contributed by atoms with E-state index < -0.39 is 5.56 Å². The lowest BCUT2D eigenvalue weighted by Crippen LogP contribution is -2.05. The lowest BCUT2D eigenvalue weighted by molar-refractivity contribution is 0.468. The van der Waals surface area contributed by atoms with Crippen LogP contribution in [0.4, 0.5) is 0 Å². The Morgan fingerprint density at radius 2 is 2.06 bits per heavy atom. The Balaban J connectivity index is 2.60. The molecular weight excluding hydrogens is 204 g/mol. The van der Waals surface area contributed by atoms with E-state index in [0.29, 0.717) is 11.0 Å². The van der Waals surface area contributed by atoms with Crippen LogP contribution in [0, 0.1) is 0 Å². The first-order valence-corrected chi connectivity index (χ1v) is 4.85. The molecule has 0 fully saturated rings. The number of aromatic nitrogens is 2. The van der Waals surface area contributed by atoms with E-state index in [0.717, 1.165) is 10.8 Å². The summed E-state index contributed by atoms with van der Waals surface area (Å²) in [6.07, 6.45) is 1.72. The SMILES string of the molecule is O=c1[nH]c2c(cc1O)ncc1ccccc12. The first-order chi connectivity index (χ1) is 7.75. The van der Waals surface area contributed by atoms with Gasteiger partial charge in [0.15, 0.2) is 5.75 Å². The average molecular weight is 212 g/mol. The zero-order chi connectivity index (χ0) is 11.1. The molecule has 16 heavy (non-hydrogen) atoms. The molecule has 4 nitrogen and oxygen atoms in total. The molecule has 3 rings (SSSR count). The van der Waals surface area contributed by atoms with Gasteiger partial charge in [-0.15, -0.1) is 0 Å². The Labute approximate surface area is 90.2 Å². The summed E-state index contributed by atoms with van der Waals surface area (Å²) in [6, 6.07) is 9.02. The fraction of sp³-hybridized carbons (Fsp3) is 0. The van der Waals surface area contributed by atoms with Crippen molar-refractivity contribution in [1.82, 2.24) is 9.97 Å². The molecule has 2 aromatic heterocycles. The van der Waals surface area contributed by atoms with Gasteiger partial charge in [-0.3, -0.25) is 9.78 Å². The Hall–Kier alpha value is -2.36. The summed E-state index contributed by atoms with van der Waals surface area (Å²) in [5.41, 5.74) is 0.738. The number of nitrogens with one attached hydrogen (secondary N) is 1. The van der Waals surface area contributed by atoms with Crippen molar-refractivity contribution in [3.05, 3.63) is 46.9 Å². The van der Waals surface area contributed by atoms with Crippen LogP contribution in [0.3, 0.4) is 0 Å². The van der Waals surface area contributed by atoms with E-state index in [2.05, 4.69) is 9.97 Å². The van der Waals surface area contributed by atoms with Gasteiger partial charge in [-0.25, -0.2) is 0 Å². The van der Waals surface area contributed by atoms with Crippen molar-refractivity contribution in [2.75, 3.05) is 0 Å². The quantitative estimate of drug-likeness (QED) is 0.558. The van der Waals surface area contributed by atoms with Gasteiger partial charge < -0.3 is 10.1 Å². The summed E-state index contributed by atoms with van der Waals surface area (Å²) in [4.78, 5) is 18.2. The van der Waals surface area contributed by atoms with Crippen molar-refractivity contribution in [3.8, 4) is 5.75 Å². The summed E-state index contributed by atoms with van der Waals surface area (Å²) in [5.74, 6) is -0.310. The van der Waals surface area contributed by atoms with E-state index in [1.807, 2.05) is 24.3 Å². The molecule has 0 aliphatic rings. The van der Waals surface area contributed by atoms with E-state index in [9.17, 15) is 9.90 Å². The molecule has 1 aromatic carbocycles. The van der Waals surface area contributed by atoms with Crippen LogP contribution in [0.2, 0.25) is 0 Å². The molecule has 0 aliphatic carbocycles. The van der Waals surface area contributed by atoms with Crippen LogP contribution in [-0.2, 0) is 0 Å². The van der Waals surface area contributed by atoms with Gasteiger partial charge >= 0.3 is 0 Å². The van der Waals surface area contributed by atoms with Crippen molar-refractivity contribution in [2.45, 2.75) is 0 Å². The molecule has 0 amide bonds. The topological polar surface area (TPSA) is 66.0 Å². The zero-order valence-corrected chi connectivity index (χ0v) is 8.27. The number of fused-ring (bicyclic) bond motifs is 3. The standard InChI is InChI=1S/C12H8N2O2/c15-10-5-9-11(14-12(10)16)8-4-2-1-3-7(8)6-13-9/h1-6,15H,(H,14,16). The van der Waals surface area contributed by atoms with E-state index >= 15 is 0 Å². The second-order valence-corrected chi connectivity index (χ2v) is 3.59. The van der Waals surface area contributed by atoms with Crippen molar-refractivity contribution >= 4 is 21.8 Å². The third-order valence-electron chi connectivity index (χ3n) is 2.57. The molecule has 2 N–H and O–H groups in total. The number of nitrogens with zero attached hydrogens (tertiary/aromatic N) is 1. The molecule has 4 heteroatoms. The second-order valence-electron chi connectivity index (χ2n) is 3.59. The monoisotopic (exact) mass is 212 g/mol. The Morgan fingerprint density at radius 1 is 1.25 bits per heavy atom. The number of H-pyrrole nitrogens is 1. The highest BCUT2D eigenvalue weighted by molar-refractivity contribution is 6.02. The zero-order valence-electron chi connectivity index (χ0n) is 8.27. The average Bonchev–Trinajstić information content (AvgIpc) is 2.31. The van der Waals surface area contributed by atoms with Gasteiger partial charge in [0.05, 0.1) is 11.0 Å². The number of rotatable bonds is 0. The third-order valence-corrected chi connectivity index (χ3v) is 2.57. The van der Waals surface area contributed by atoms with Crippen molar-refractivity contribution < 1.29 is 5.11 Å². The first kappa shape index (κ1) is 8.91. The maximum Gasteiger partial charge on any atom is 0.290 e. The summed E-state index contributed by atoms with van der Waals surface area (Å²) >= 11 is 0. The molecular formula is C12H8N2O2. The Morgan fingerprint density at radius 3 is 2.94 bits per heavy atom. The maximum absolute atomic E-state index is 11.3. The molecule has 0 unspecified atom stereocenters. The van der Waals surface area contributed by atoms with Crippen molar-refractivity contribution in [3.63, 3.8) is 0 Å². The predicted octanol–water partition coefficient (Wildman–Crippen LogP) is 1.78. The van der Waals surface area contributed by atoms with Gasteiger partial charge in [0.1, 0.15) is 0 Å². The van der Waals surface area contributed by atoms with E-state index in [1.165, 1.54) is 6.07 Å². The molecule has 0 bridgehead atoms. The lowest BCUT2D eigenvalue weighted by atomic mass is 10.1. The van der Waals surface area contributed by atoms with E-state index in [1.54, 1.807) is 6.20 Å². The van der Waals surface area contributed by atoms with Crippen LogP contribution in [0.15, 0.2) is 41.3 Å². The number of aromatic hydroxyl groups is 1. The summed E-state index contributed by atoms with van der Waals surface area (Å²) < 4.78 is 0. The minimum absolute atomic E-state index is 0.310. The smallest absolute Gasteiger partial charge is 0.290 e. The minimum atomic E-state index is -0.495. The molecule has 0 radical (unpaired) electrons. The summed E-state index contributed by atoms with van der Waals surface area (Å²) in [7, 11) is 0. The number of aromatic amines is 1. The summed E-state index contributed by atoms with van der Waals surface area (Å²) in [6.45, 7) is 0. The van der Waals surface area contributed by atoms with Crippen LogP contribution in [0.5, 0.6) is 5.75 Å². The highest BCUT2D eigenvalue weighted by atomic mass is 16.3. The van der Waals surface area contributed by atoms with Gasteiger partial charge in [-0.1, -0.05) is 24.3 Å². The van der Waals surface area contributed by atoms with E-state index in [4.69, 9.17) is 0 Å². The van der Waals surface area contributed by atoms with Crippen LogP contribution < -0.4 is 5.56 Å². The fourth-order valence-corrected chi connectivity index (χ4v) is 1.79. The number of hydrogen-bond acceptors (Lipinski definition) is 3. The third kappa shape index (κ3) is 1.16. The molecule has 0 saturated carbocycles. The highest BCUT2D eigenvalue weighted by Crippen LogP contribution is 2.21. The number of pyridine rings is 2. The molecule has 0 atom stereocenters. The normalized spacial score (nSPS) is 11.0. The van der Waals surface area contributed by atoms with Gasteiger partial charge in [0, 0.05) is 23.0 Å². The van der Waals surface area contributed by atoms with Crippen molar-refractivity contribution in [1.29, 1.82) is 0 Å². The van der Waals surface area contributed by atoms with E-state index in [-0.39, 0.29) is 5.75 Å². The predicted molar refractivity (Wildman–Crippen MR) is 61.5 cm³/mol. The van der Waals surface area contributed by atoms with Crippen LogP contribution in [0.1, 0.15) is 0 Å². The fourth-order valence-electron chi connectivity index (χ4n) is 1.79. The first-order valence-electron chi connectivity index (χ1n) is 4.85. The van der Waals surface area contributed by atoms with Crippen LogP contribution in [0.25, 0.3) is 21.8 Å². The van der Waals surface area contributed by atoms with Crippen LogP contribution >= 0.6 is 0 Å². The molecule has 0 saturated heterocycles. The van der Waals surface area contributed by atoms with Gasteiger partial charge in [0.25, 0.3) is 5.56 Å². The molecule has 3 aromatic rings. The Kier molecular flexibility index (Phi) is 1.71. The summed E-state index contributed by atoms with van der Waals surface area (Å²) in [5, 5.41) is 11.2. The van der Waals surface area contributed by atoms with Crippen molar-refractivity contribution in [2.24, 2.45) is 0 Å². The minimum Gasteiger partial charge on any atom is -0.503 e. The second kappa shape index (κ2) is 3.06. The Bertz CT molecular complexity index is 747. The highest BCUT2D eigenvalue weighted by Gasteiger charge is 2.05. The largest absolute Gasteiger partial charge is 0.503 e. The molecule has 78 valence electrons. The molecule has 2 heterocycles. The van der Waals surface area contributed by atoms with Gasteiger partial charge in [-0.05, 0) is 0 Å². The molecule has 0 aliphatic heterocycles. The lowest BCUT2D eigenvalue weighted by Gasteiger charge is -2.02. The number of hydrogen-bond donors (Lipinski definition) is 2. The maximum atomic E-state index is 11.3. The number of benzene rings is 1. The van der Waals surface area contributed by atoms with Crippen LogP contribution in [-0.4, -0.2) is 15.1 Å². The van der Waals surface area contributed by atoms with Gasteiger partial charge in [0.2, 0.25) is 0 Å². The molecule has 0 spiro atoms.